The van der Waals surface area contributed by atoms with E-state index >= 15 is 0 Å². The minimum absolute atomic E-state index is 0.410. The zero-order valence-corrected chi connectivity index (χ0v) is 10.4. The molecule has 15 heavy (non-hydrogen) atoms. The predicted molar refractivity (Wildman–Crippen MR) is 61.5 cm³/mol. The first-order chi connectivity index (χ1) is 7.10. The van der Waals surface area contributed by atoms with E-state index in [4.69, 9.17) is 4.74 Å². The summed E-state index contributed by atoms with van der Waals surface area (Å²) in [7, 11) is 4.57. The lowest BCUT2D eigenvalue weighted by molar-refractivity contribution is 0.180. The van der Waals surface area contributed by atoms with Crippen molar-refractivity contribution in [3.8, 4) is 5.75 Å². The van der Waals surface area contributed by atoms with Crippen LogP contribution in [0.1, 0.15) is 0 Å². The summed E-state index contributed by atoms with van der Waals surface area (Å²) >= 11 is 3.34. The molecule has 0 fully saturated rings. The van der Waals surface area contributed by atoms with Crippen LogP contribution < -0.4 is 9.64 Å². The van der Waals surface area contributed by atoms with Gasteiger partial charge in [-0.25, -0.2) is 4.79 Å². The summed E-state index contributed by atoms with van der Waals surface area (Å²) < 4.78 is 10.5. The van der Waals surface area contributed by atoms with Crippen LogP contribution >= 0.6 is 15.9 Å². The Kier molecular flexibility index (Phi) is 3.96. The first-order valence-corrected chi connectivity index (χ1v) is 5.04. The minimum Gasteiger partial charge on any atom is -0.496 e. The van der Waals surface area contributed by atoms with Gasteiger partial charge < -0.3 is 9.47 Å². The minimum atomic E-state index is -0.410. The van der Waals surface area contributed by atoms with E-state index in [0.717, 1.165) is 15.9 Å². The van der Waals surface area contributed by atoms with Crippen molar-refractivity contribution in [2.75, 3.05) is 26.2 Å². The summed E-state index contributed by atoms with van der Waals surface area (Å²) in [6, 6.07) is 5.34. The van der Waals surface area contributed by atoms with Crippen molar-refractivity contribution < 1.29 is 14.3 Å². The normalized spacial score (nSPS) is 9.60. The molecule has 0 radical (unpaired) electrons. The van der Waals surface area contributed by atoms with E-state index in [0.29, 0.717) is 0 Å². The number of halogens is 1. The van der Waals surface area contributed by atoms with Gasteiger partial charge in [-0.3, -0.25) is 4.90 Å². The molecule has 0 aliphatic rings. The van der Waals surface area contributed by atoms with Crippen LogP contribution in [0.15, 0.2) is 22.7 Å². The van der Waals surface area contributed by atoms with Gasteiger partial charge in [0.1, 0.15) is 5.75 Å². The van der Waals surface area contributed by atoms with E-state index in [1.807, 2.05) is 0 Å². The molecule has 0 bridgehead atoms. The third-order valence-corrected chi connectivity index (χ3v) is 2.59. The summed E-state index contributed by atoms with van der Waals surface area (Å²) in [5.74, 6) is 0.719. The summed E-state index contributed by atoms with van der Waals surface area (Å²) in [4.78, 5) is 12.6. The van der Waals surface area contributed by atoms with Crippen LogP contribution in [0.25, 0.3) is 0 Å². The summed E-state index contributed by atoms with van der Waals surface area (Å²) in [6.45, 7) is 0. The molecule has 4 nitrogen and oxygen atoms in total. The molecule has 0 saturated carbocycles. The Hall–Kier alpha value is -1.23. The van der Waals surface area contributed by atoms with Gasteiger partial charge in [0.2, 0.25) is 0 Å². The third-order valence-electron chi connectivity index (χ3n) is 1.97. The van der Waals surface area contributed by atoms with Gasteiger partial charge in [-0.15, -0.1) is 0 Å². The Balaban J connectivity index is 2.97. The highest BCUT2D eigenvalue weighted by Gasteiger charge is 2.11. The Morgan fingerprint density at radius 1 is 1.40 bits per heavy atom. The average Bonchev–Trinajstić information content (AvgIpc) is 2.26. The average molecular weight is 274 g/mol. The molecule has 82 valence electrons. The Morgan fingerprint density at radius 3 is 2.53 bits per heavy atom. The van der Waals surface area contributed by atoms with Crippen molar-refractivity contribution in [2.24, 2.45) is 0 Å². The number of amides is 1. The summed E-state index contributed by atoms with van der Waals surface area (Å²) in [5, 5.41) is 0. The van der Waals surface area contributed by atoms with Crippen molar-refractivity contribution in [3.05, 3.63) is 22.7 Å². The van der Waals surface area contributed by atoms with Gasteiger partial charge in [-0.05, 0) is 34.1 Å². The number of carbonyl (C=O) groups is 1. The lowest BCUT2D eigenvalue weighted by Crippen LogP contribution is -2.25. The second kappa shape index (κ2) is 5.02. The number of benzene rings is 1. The van der Waals surface area contributed by atoms with Crippen LogP contribution in [-0.4, -0.2) is 27.4 Å². The Bertz CT molecular complexity index is 368. The third kappa shape index (κ3) is 2.62. The number of ether oxygens (including phenoxy) is 2. The highest BCUT2D eigenvalue weighted by Crippen LogP contribution is 2.29. The molecule has 1 aromatic carbocycles. The van der Waals surface area contributed by atoms with E-state index in [1.54, 1.807) is 32.4 Å². The predicted octanol–water partition coefficient (Wildman–Crippen LogP) is 2.66. The van der Waals surface area contributed by atoms with Crippen molar-refractivity contribution in [1.29, 1.82) is 0 Å². The standard InChI is InChI=1S/C10H12BrNO3/c1-12(10(13)15-3)7-4-5-9(14-2)8(11)6-7/h4-6H,1-3H3. The van der Waals surface area contributed by atoms with Crippen LogP contribution in [0.5, 0.6) is 5.75 Å². The molecule has 1 amide bonds. The smallest absolute Gasteiger partial charge is 0.413 e. The largest absolute Gasteiger partial charge is 0.496 e. The summed E-state index contributed by atoms with van der Waals surface area (Å²) in [6.07, 6.45) is -0.410. The first-order valence-electron chi connectivity index (χ1n) is 4.25. The maximum atomic E-state index is 11.2. The highest BCUT2D eigenvalue weighted by atomic mass is 79.9. The molecular weight excluding hydrogens is 262 g/mol. The highest BCUT2D eigenvalue weighted by molar-refractivity contribution is 9.10. The topological polar surface area (TPSA) is 38.8 Å². The van der Waals surface area contributed by atoms with Crippen molar-refractivity contribution in [2.45, 2.75) is 0 Å². The Morgan fingerprint density at radius 2 is 2.07 bits per heavy atom. The number of carbonyl (C=O) groups excluding carboxylic acids is 1. The molecule has 0 aliphatic carbocycles. The molecule has 1 aromatic rings. The lowest BCUT2D eigenvalue weighted by Gasteiger charge is -2.16. The second-order valence-electron chi connectivity index (χ2n) is 2.85. The number of hydrogen-bond acceptors (Lipinski definition) is 3. The molecule has 0 aliphatic heterocycles. The van der Waals surface area contributed by atoms with Gasteiger partial charge in [-0.2, -0.15) is 0 Å². The van der Waals surface area contributed by atoms with Crippen LogP contribution in [0.4, 0.5) is 10.5 Å². The molecule has 0 aromatic heterocycles. The van der Waals surface area contributed by atoms with Gasteiger partial charge >= 0.3 is 6.09 Å². The molecule has 0 atom stereocenters. The van der Waals surface area contributed by atoms with Crippen LogP contribution in [0.2, 0.25) is 0 Å². The molecule has 5 heteroatoms. The lowest BCUT2D eigenvalue weighted by atomic mass is 10.3. The molecule has 1 rings (SSSR count). The SMILES string of the molecule is COC(=O)N(C)c1ccc(OC)c(Br)c1. The van der Waals surface area contributed by atoms with E-state index in [-0.39, 0.29) is 0 Å². The fourth-order valence-corrected chi connectivity index (χ4v) is 1.63. The molecule has 0 saturated heterocycles. The monoisotopic (exact) mass is 273 g/mol. The summed E-state index contributed by atoms with van der Waals surface area (Å²) in [5.41, 5.74) is 0.731. The zero-order chi connectivity index (χ0) is 11.4. The number of rotatable bonds is 2. The van der Waals surface area contributed by atoms with Gasteiger partial charge in [-0.1, -0.05) is 0 Å². The van der Waals surface area contributed by atoms with E-state index in [2.05, 4.69) is 20.7 Å². The van der Waals surface area contributed by atoms with Crippen LogP contribution in [0, 0.1) is 0 Å². The first kappa shape index (κ1) is 11.8. The fourth-order valence-electron chi connectivity index (χ4n) is 1.11. The Labute approximate surface area is 96.9 Å². The van der Waals surface area contributed by atoms with Crippen molar-refractivity contribution >= 4 is 27.7 Å². The maximum absolute atomic E-state index is 11.2. The van der Waals surface area contributed by atoms with E-state index in [9.17, 15) is 4.79 Å². The number of anilines is 1. The van der Waals surface area contributed by atoms with E-state index in [1.165, 1.54) is 12.0 Å². The molecule has 0 spiro atoms. The number of methoxy groups -OCH3 is 2. The van der Waals surface area contributed by atoms with Gasteiger partial charge in [0.05, 0.1) is 18.7 Å². The van der Waals surface area contributed by atoms with Gasteiger partial charge in [0.25, 0.3) is 0 Å². The molecule has 0 unspecified atom stereocenters. The van der Waals surface area contributed by atoms with Gasteiger partial charge in [0, 0.05) is 12.7 Å². The quantitative estimate of drug-likeness (QED) is 0.832. The fraction of sp³-hybridized carbons (Fsp3) is 0.300. The zero-order valence-electron chi connectivity index (χ0n) is 8.78. The van der Waals surface area contributed by atoms with E-state index < -0.39 is 6.09 Å². The second-order valence-corrected chi connectivity index (χ2v) is 3.70. The molecule has 0 N–H and O–H groups in total. The maximum Gasteiger partial charge on any atom is 0.413 e. The van der Waals surface area contributed by atoms with Crippen molar-refractivity contribution in [3.63, 3.8) is 0 Å². The molecular formula is C10H12BrNO3. The van der Waals surface area contributed by atoms with Crippen molar-refractivity contribution in [1.82, 2.24) is 0 Å². The number of hydrogen-bond donors (Lipinski definition) is 0. The van der Waals surface area contributed by atoms with Gasteiger partial charge in [0.15, 0.2) is 0 Å². The van der Waals surface area contributed by atoms with Crippen LogP contribution in [0.3, 0.4) is 0 Å². The molecule has 0 heterocycles. The number of nitrogens with zero attached hydrogens (tertiary/aromatic N) is 1. The van der Waals surface area contributed by atoms with Crippen LogP contribution in [-0.2, 0) is 4.74 Å².